The first-order chi connectivity index (χ1) is 8.99. The van der Waals surface area contributed by atoms with E-state index in [0.717, 1.165) is 24.6 Å². The lowest BCUT2D eigenvalue weighted by Crippen LogP contribution is -2.33. The third-order valence-corrected chi connectivity index (χ3v) is 5.16. The van der Waals surface area contributed by atoms with Crippen LogP contribution in [0.3, 0.4) is 0 Å². The van der Waals surface area contributed by atoms with Gasteiger partial charge in [-0.2, -0.15) is 0 Å². The second-order valence-corrected chi connectivity index (χ2v) is 8.75. The maximum atomic E-state index is 10.1. The van der Waals surface area contributed by atoms with Gasteiger partial charge in [-0.1, -0.05) is 57.5 Å². The molecule has 0 rings (SSSR count). The van der Waals surface area contributed by atoms with Gasteiger partial charge in [-0.05, 0) is 42.9 Å². The third-order valence-electron chi connectivity index (χ3n) is 3.64. The number of halogens is 1. The summed E-state index contributed by atoms with van der Waals surface area (Å²) in [6.45, 7) is 16.1. The summed E-state index contributed by atoms with van der Waals surface area (Å²) >= 11 is 3.58. The first kappa shape index (κ1) is 20.4. The Bertz CT molecular complexity index is 262. The van der Waals surface area contributed by atoms with Gasteiger partial charge in [-0.15, -0.1) is 0 Å². The average molecular weight is 351 g/mol. The third kappa shape index (κ3) is 9.36. The van der Waals surface area contributed by atoms with E-state index in [4.69, 9.17) is 4.74 Å². The van der Waals surface area contributed by atoms with Crippen molar-refractivity contribution < 1.29 is 9.84 Å². The SMILES string of the molecule is CC(C)CCC(O)C(C)OCC(C)(C)CC(C)(C)CBr. The van der Waals surface area contributed by atoms with Gasteiger partial charge in [-0.3, -0.25) is 0 Å². The van der Waals surface area contributed by atoms with E-state index in [9.17, 15) is 5.11 Å². The van der Waals surface area contributed by atoms with Crippen molar-refractivity contribution in [3.8, 4) is 0 Å². The van der Waals surface area contributed by atoms with Crippen molar-refractivity contribution in [3.63, 3.8) is 0 Å². The van der Waals surface area contributed by atoms with Gasteiger partial charge < -0.3 is 9.84 Å². The van der Waals surface area contributed by atoms with Crippen LogP contribution >= 0.6 is 15.9 Å². The summed E-state index contributed by atoms with van der Waals surface area (Å²) in [6.07, 6.45) is 2.54. The highest BCUT2D eigenvalue weighted by molar-refractivity contribution is 9.09. The van der Waals surface area contributed by atoms with Crippen molar-refractivity contribution in [2.24, 2.45) is 16.7 Å². The molecule has 0 amide bonds. The number of aliphatic hydroxyl groups excluding tert-OH is 1. The highest BCUT2D eigenvalue weighted by Gasteiger charge is 2.29. The van der Waals surface area contributed by atoms with Crippen molar-refractivity contribution in [3.05, 3.63) is 0 Å². The minimum Gasteiger partial charge on any atom is -0.390 e. The second-order valence-electron chi connectivity index (χ2n) is 8.19. The minimum absolute atomic E-state index is 0.0832. The molecule has 0 aromatic carbocycles. The molecule has 0 aliphatic carbocycles. The zero-order valence-electron chi connectivity index (χ0n) is 14.5. The number of ether oxygens (including phenoxy) is 1. The van der Waals surface area contributed by atoms with Crippen LogP contribution in [0, 0.1) is 16.7 Å². The molecular weight excluding hydrogens is 316 g/mol. The smallest absolute Gasteiger partial charge is 0.0806 e. The van der Waals surface area contributed by atoms with Crippen LogP contribution < -0.4 is 0 Å². The van der Waals surface area contributed by atoms with Crippen LogP contribution in [0.5, 0.6) is 0 Å². The monoisotopic (exact) mass is 350 g/mol. The molecule has 0 bridgehead atoms. The molecule has 0 saturated heterocycles. The number of hydrogen-bond acceptors (Lipinski definition) is 2. The van der Waals surface area contributed by atoms with Crippen LogP contribution in [0.4, 0.5) is 0 Å². The van der Waals surface area contributed by atoms with Crippen LogP contribution in [0.1, 0.15) is 67.7 Å². The molecule has 3 heteroatoms. The topological polar surface area (TPSA) is 29.5 Å². The Labute approximate surface area is 134 Å². The Morgan fingerprint density at radius 1 is 1.00 bits per heavy atom. The molecule has 2 unspecified atom stereocenters. The van der Waals surface area contributed by atoms with Crippen molar-refractivity contribution in [1.29, 1.82) is 0 Å². The van der Waals surface area contributed by atoms with E-state index in [-0.39, 0.29) is 23.0 Å². The number of aliphatic hydroxyl groups is 1. The zero-order valence-corrected chi connectivity index (χ0v) is 16.1. The van der Waals surface area contributed by atoms with Gasteiger partial charge in [0, 0.05) is 5.33 Å². The predicted octanol–water partition coefficient (Wildman–Crippen LogP) is 5.03. The Morgan fingerprint density at radius 3 is 2.00 bits per heavy atom. The Hall–Kier alpha value is 0.400. The van der Waals surface area contributed by atoms with Crippen molar-refractivity contribution in [2.75, 3.05) is 11.9 Å². The first-order valence-electron chi connectivity index (χ1n) is 7.85. The van der Waals surface area contributed by atoms with E-state index in [1.54, 1.807) is 0 Å². The molecule has 122 valence electrons. The molecule has 1 N–H and O–H groups in total. The van der Waals surface area contributed by atoms with Crippen molar-refractivity contribution >= 4 is 15.9 Å². The summed E-state index contributed by atoms with van der Waals surface area (Å²) in [6, 6.07) is 0. The minimum atomic E-state index is -0.350. The van der Waals surface area contributed by atoms with Gasteiger partial charge in [0.05, 0.1) is 18.8 Å². The van der Waals surface area contributed by atoms with Gasteiger partial charge in [0.1, 0.15) is 0 Å². The lowest BCUT2D eigenvalue weighted by molar-refractivity contribution is -0.0635. The van der Waals surface area contributed by atoms with E-state index in [2.05, 4.69) is 57.5 Å². The van der Waals surface area contributed by atoms with E-state index in [0.29, 0.717) is 12.5 Å². The molecule has 20 heavy (non-hydrogen) atoms. The van der Waals surface area contributed by atoms with Crippen LogP contribution in [0.2, 0.25) is 0 Å². The molecule has 0 aromatic rings. The Morgan fingerprint density at radius 2 is 1.55 bits per heavy atom. The molecule has 0 radical (unpaired) electrons. The lowest BCUT2D eigenvalue weighted by Gasteiger charge is -2.35. The fourth-order valence-corrected chi connectivity index (χ4v) is 2.80. The summed E-state index contributed by atoms with van der Waals surface area (Å²) in [5.41, 5.74) is 0.398. The van der Waals surface area contributed by atoms with Gasteiger partial charge in [0.2, 0.25) is 0 Å². The van der Waals surface area contributed by atoms with Gasteiger partial charge >= 0.3 is 0 Å². The maximum absolute atomic E-state index is 10.1. The van der Waals surface area contributed by atoms with E-state index in [1.165, 1.54) is 0 Å². The molecule has 0 aliphatic rings. The number of alkyl halides is 1. The fraction of sp³-hybridized carbons (Fsp3) is 1.00. The normalized spacial score (nSPS) is 16.5. The molecule has 2 nitrogen and oxygen atoms in total. The highest BCUT2D eigenvalue weighted by Crippen LogP contribution is 2.35. The van der Waals surface area contributed by atoms with Crippen LogP contribution in [0.15, 0.2) is 0 Å². The maximum Gasteiger partial charge on any atom is 0.0806 e. The second kappa shape index (κ2) is 8.75. The van der Waals surface area contributed by atoms with Crippen molar-refractivity contribution in [2.45, 2.75) is 79.9 Å². The van der Waals surface area contributed by atoms with E-state index in [1.807, 2.05) is 6.92 Å². The molecule has 0 aliphatic heterocycles. The number of rotatable bonds is 10. The average Bonchev–Trinajstić information content (AvgIpc) is 2.31. The molecular formula is C17H35BrO2. The van der Waals surface area contributed by atoms with E-state index < -0.39 is 0 Å². The summed E-state index contributed by atoms with van der Waals surface area (Å²) in [5.74, 6) is 0.632. The Balaban J connectivity index is 4.18. The summed E-state index contributed by atoms with van der Waals surface area (Å²) in [7, 11) is 0. The van der Waals surface area contributed by atoms with Gasteiger partial charge in [0.25, 0.3) is 0 Å². The lowest BCUT2D eigenvalue weighted by atomic mass is 9.77. The predicted molar refractivity (Wildman–Crippen MR) is 91.5 cm³/mol. The molecule has 0 spiro atoms. The molecule has 0 heterocycles. The largest absolute Gasteiger partial charge is 0.390 e. The standard InChI is InChI=1S/C17H35BrO2/c1-13(2)8-9-15(19)14(3)20-12-17(6,7)10-16(4,5)11-18/h13-15,19H,8-12H2,1-7H3. The zero-order chi connectivity index (χ0) is 16.0. The molecule has 0 saturated carbocycles. The van der Waals surface area contributed by atoms with Crippen LogP contribution in [-0.2, 0) is 4.74 Å². The number of hydrogen-bond donors (Lipinski definition) is 1. The fourth-order valence-electron chi connectivity index (χ4n) is 2.60. The first-order valence-corrected chi connectivity index (χ1v) is 8.97. The molecule has 0 aromatic heterocycles. The highest BCUT2D eigenvalue weighted by atomic mass is 79.9. The quantitative estimate of drug-likeness (QED) is 0.560. The summed E-state index contributed by atoms with van der Waals surface area (Å²) in [4.78, 5) is 0. The molecule has 2 atom stereocenters. The van der Waals surface area contributed by atoms with Gasteiger partial charge in [-0.25, -0.2) is 0 Å². The van der Waals surface area contributed by atoms with E-state index >= 15 is 0 Å². The summed E-state index contributed by atoms with van der Waals surface area (Å²) < 4.78 is 5.93. The Kier molecular flexibility index (Phi) is 8.92. The van der Waals surface area contributed by atoms with Crippen molar-refractivity contribution in [1.82, 2.24) is 0 Å². The molecule has 0 fully saturated rings. The summed E-state index contributed by atoms with van der Waals surface area (Å²) in [5, 5.41) is 11.1. The van der Waals surface area contributed by atoms with Gasteiger partial charge in [0.15, 0.2) is 0 Å². The van der Waals surface area contributed by atoms with Crippen LogP contribution in [0.25, 0.3) is 0 Å². The van der Waals surface area contributed by atoms with Crippen LogP contribution in [-0.4, -0.2) is 29.3 Å².